The van der Waals surface area contributed by atoms with Crippen molar-refractivity contribution < 1.29 is 14.3 Å². The van der Waals surface area contributed by atoms with Gasteiger partial charge in [0.05, 0.1) is 14.2 Å². The number of hydrogen-bond donors (Lipinski definition) is 0. The van der Waals surface area contributed by atoms with E-state index in [1.54, 1.807) is 32.4 Å². The zero-order valence-corrected chi connectivity index (χ0v) is 12.8. The van der Waals surface area contributed by atoms with Crippen LogP contribution in [0.15, 0.2) is 18.2 Å². The summed E-state index contributed by atoms with van der Waals surface area (Å²) in [4.78, 5) is 14.4. The third-order valence-corrected chi connectivity index (χ3v) is 4.37. The van der Waals surface area contributed by atoms with Gasteiger partial charge in [-0.05, 0) is 30.5 Å². The van der Waals surface area contributed by atoms with E-state index >= 15 is 0 Å². The number of piperidine rings is 1. The van der Waals surface area contributed by atoms with Crippen LogP contribution in [0.4, 0.5) is 0 Å². The Hall–Kier alpha value is -1.42. The number of ether oxygens (including phenoxy) is 2. The molecule has 1 aromatic carbocycles. The monoisotopic (exact) mass is 297 g/mol. The van der Waals surface area contributed by atoms with Crippen molar-refractivity contribution in [3.8, 4) is 11.5 Å². The summed E-state index contributed by atoms with van der Waals surface area (Å²) < 4.78 is 10.4. The van der Waals surface area contributed by atoms with Gasteiger partial charge in [-0.15, -0.1) is 11.6 Å². The van der Waals surface area contributed by atoms with E-state index in [1.807, 2.05) is 4.90 Å². The van der Waals surface area contributed by atoms with Crippen molar-refractivity contribution in [2.24, 2.45) is 5.92 Å². The third kappa shape index (κ3) is 3.01. The van der Waals surface area contributed by atoms with E-state index in [1.165, 1.54) is 0 Å². The lowest BCUT2D eigenvalue weighted by Crippen LogP contribution is -2.43. The van der Waals surface area contributed by atoms with Crippen LogP contribution in [-0.4, -0.2) is 43.5 Å². The number of carbonyl (C=O) groups excluding carboxylic acids is 1. The molecule has 2 unspecified atom stereocenters. The molecule has 1 aliphatic heterocycles. The number of hydrogen-bond acceptors (Lipinski definition) is 3. The Labute approximate surface area is 124 Å². The summed E-state index contributed by atoms with van der Waals surface area (Å²) in [5.74, 6) is 1.52. The molecule has 1 heterocycles. The molecule has 0 bridgehead atoms. The fourth-order valence-electron chi connectivity index (χ4n) is 2.45. The van der Waals surface area contributed by atoms with Crippen LogP contribution in [0.5, 0.6) is 11.5 Å². The summed E-state index contributed by atoms with van der Waals surface area (Å²) in [6.45, 7) is 3.47. The summed E-state index contributed by atoms with van der Waals surface area (Å²) >= 11 is 6.20. The highest BCUT2D eigenvalue weighted by molar-refractivity contribution is 6.20. The van der Waals surface area contributed by atoms with Gasteiger partial charge in [0, 0.05) is 24.0 Å². The smallest absolute Gasteiger partial charge is 0.254 e. The molecule has 0 radical (unpaired) electrons. The van der Waals surface area contributed by atoms with Crippen LogP contribution in [0.1, 0.15) is 23.7 Å². The second kappa shape index (κ2) is 6.35. The first-order chi connectivity index (χ1) is 9.56. The van der Waals surface area contributed by atoms with Gasteiger partial charge in [0.2, 0.25) is 0 Å². The molecule has 2 atom stereocenters. The lowest BCUT2D eigenvalue weighted by Gasteiger charge is -2.34. The minimum absolute atomic E-state index is 0.0152. The molecule has 20 heavy (non-hydrogen) atoms. The van der Waals surface area contributed by atoms with Crippen molar-refractivity contribution in [1.29, 1.82) is 0 Å². The molecule has 1 amide bonds. The molecule has 0 aliphatic carbocycles. The zero-order chi connectivity index (χ0) is 14.7. The molecule has 0 aromatic heterocycles. The Morgan fingerprint density at radius 2 is 2.00 bits per heavy atom. The molecule has 2 rings (SSSR count). The third-order valence-electron chi connectivity index (χ3n) is 3.72. The molecule has 1 saturated heterocycles. The maximum absolute atomic E-state index is 12.5. The quantitative estimate of drug-likeness (QED) is 0.805. The van der Waals surface area contributed by atoms with Crippen molar-refractivity contribution >= 4 is 17.5 Å². The number of methoxy groups -OCH3 is 2. The normalized spacial score (nSPS) is 22.5. The van der Waals surface area contributed by atoms with Crippen LogP contribution in [0, 0.1) is 5.92 Å². The summed E-state index contributed by atoms with van der Waals surface area (Å²) in [5.41, 5.74) is 0.614. The Morgan fingerprint density at radius 3 is 2.60 bits per heavy atom. The number of nitrogens with zero attached hydrogens (tertiary/aromatic N) is 1. The molecule has 0 spiro atoms. The van der Waals surface area contributed by atoms with Gasteiger partial charge in [-0.1, -0.05) is 6.92 Å². The number of likely N-dealkylation sites (tertiary alicyclic amines) is 1. The Balaban J connectivity index is 2.17. The van der Waals surface area contributed by atoms with Gasteiger partial charge in [-0.2, -0.15) is 0 Å². The summed E-state index contributed by atoms with van der Waals surface area (Å²) in [5, 5.41) is 0.157. The first-order valence-corrected chi connectivity index (χ1v) is 7.15. The predicted molar refractivity (Wildman–Crippen MR) is 78.9 cm³/mol. The molecule has 4 nitrogen and oxygen atoms in total. The Kier molecular flexibility index (Phi) is 4.76. The van der Waals surface area contributed by atoms with Crippen LogP contribution in [0.25, 0.3) is 0 Å². The number of halogens is 1. The van der Waals surface area contributed by atoms with Gasteiger partial charge in [-0.3, -0.25) is 4.79 Å². The van der Waals surface area contributed by atoms with Gasteiger partial charge >= 0.3 is 0 Å². The lowest BCUT2D eigenvalue weighted by molar-refractivity contribution is 0.0686. The van der Waals surface area contributed by atoms with E-state index in [2.05, 4.69) is 6.92 Å². The number of carbonyl (C=O) groups is 1. The number of benzene rings is 1. The molecule has 1 aliphatic rings. The van der Waals surface area contributed by atoms with Crippen molar-refractivity contribution in [3.63, 3.8) is 0 Å². The van der Waals surface area contributed by atoms with Crippen LogP contribution < -0.4 is 9.47 Å². The van der Waals surface area contributed by atoms with Crippen LogP contribution in [-0.2, 0) is 0 Å². The molecule has 0 saturated carbocycles. The highest BCUT2D eigenvalue weighted by Gasteiger charge is 2.28. The highest BCUT2D eigenvalue weighted by Crippen LogP contribution is 2.29. The standard InChI is InChI=1S/C15H20ClNO3/c1-10-9-17(7-6-12(10)16)15(18)11-4-5-13(19-2)14(8-11)20-3/h4-5,8,10,12H,6-7,9H2,1-3H3. The lowest BCUT2D eigenvalue weighted by atomic mass is 9.99. The minimum atomic E-state index is 0.0152. The van der Waals surface area contributed by atoms with Crippen molar-refractivity contribution in [2.75, 3.05) is 27.3 Å². The van der Waals surface area contributed by atoms with Gasteiger partial charge in [0.1, 0.15) is 0 Å². The highest BCUT2D eigenvalue weighted by atomic mass is 35.5. The molecular formula is C15H20ClNO3. The first kappa shape index (κ1) is 15.0. The number of rotatable bonds is 3. The van der Waals surface area contributed by atoms with E-state index in [9.17, 15) is 4.79 Å². The molecule has 1 aromatic rings. The van der Waals surface area contributed by atoms with E-state index in [0.717, 1.165) is 6.42 Å². The Bertz CT molecular complexity index is 492. The zero-order valence-electron chi connectivity index (χ0n) is 12.1. The summed E-state index contributed by atoms with van der Waals surface area (Å²) in [6.07, 6.45) is 0.835. The SMILES string of the molecule is COc1ccc(C(=O)N2CCC(Cl)C(C)C2)cc1OC. The number of alkyl halides is 1. The van der Waals surface area contributed by atoms with Gasteiger partial charge in [0.25, 0.3) is 5.91 Å². The predicted octanol–water partition coefficient (Wildman–Crippen LogP) is 2.79. The van der Waals surface area contributed by atoms with Gasteiger partial charge in [0.15, 0.2) is 11.5 Å². The van der Waals surface area contributed by atoms with Gasteiger partial charge in [-0.25, -0.2) is 0 Å². The van der Waals surface area contributed by atoms with Crippen molar-refractivity contribution in [2.45, 2.75) is 18.7 Å². The molecule has 0 N–H and O–H groups in total. The maximum Gasteiger partial charge on any atom is 0.254 e. The largest absolute Gasteiger partial charge is 0.493 e. The van der Waals surface area contributed by atoms with E-state index in [4.69, 9.17) is 21.1 Å². The second-order valence-electron chi connectivity index (χ2n) is 5.10. The van der Waals surface area contributed by atoms with Crippen LogP contribution in [0.2, 0.25) is 0 Å². The molecular weight excluding hydrogens is 278 g/mol. The van der Waals surface area contributed by atoms with Crippen molar-refractivity contribution in [3.05, 3.63) is 23.8 Å². The number of amides is 1. The van der Waals surface area contributed by atoms with Crippen LogP contribution >= 0.6 is 11.6 Å². The minimum Gasteiger partial charge on any atom is -0.493 e. The average Bonchev–Trinajstić information content (AvgIpc) is 2.48. The fourth-order valence-corrected chi connectivity index (χ4v) is 2.63. The Morgan fingerprint density at radius 1 is 1.30 bits per heavy atom. The summed E-state index contributed by atoms with van der Waals surface area (Å²) in [7, 11) is 3.14. The van der Waals surface area contributed by atoms with E-state index in [-0.39, 0.29) is 11.3 Å². The molecule has 1 fully saturated rings. The molecule has 110 valence electrons. The maximum atomic E-state index is 12.5. The first-order valence-electron chi connectivity index (χ1n) is 6.72. The second-order valence-corrected chi connectivity index (χ2v) is 5.66. The average molecular weight is 298 g/mol. The fraction of sp³-hybridized carbons (Fsp3) is 0.533. The molecule has 5 heteroatoms. The van der Waals surface area contributed by atoms with Crippen molar-refractivity contribution in [1.82, 2.24) is 4.90 Å². The topological polar surface area (TPSA) is 38.8 Å². The summed E-state index contributed by atoms with van der Waals surface area (Å²) in [6, 6.07) is 5.24. The van der Waals surface area contributed by atoms with E-state index in [0.29, 0.717) is 36.1 Å². The van der Waals surface area contributed by atoms with Crippen LogP contribution in [0.3, 0.4) is 0 Å². The van der Waals surface area contributed by atoms with E-state index < -0.39 is 0 Å². The van der Waals surface area contributed by atoms with Gasteiger partial charge < -0.3 is 14.4 Å².